The van der Waals surface area contributed by atoms with Crippen LogP contribution in [0.15, 0.2) is 18.2 Å². The molecule has 5 nitrogen and oxygen atoms in total. The number of aliphatic hydroxyl groups is 1. The van der Waals surface area contributed by atoms with E-state index in [2.05, 4.69) is 9.80 Å². The molecule has 1 fully saturated rings. The molecule has 0 radical (unpaired) electrons. The molecule has 1 aromatic rings. The van der Waals surface area contributed by atoms with E-state index >= 15 is 0 Å². The third-order valence-corrected chi connectivity index (χ3v) is 4.36. The molecule has 0 unspecified atom stereocenters. The van der Waals surface area contributed by atoms with Gasteiger partial charge in [0.05, 0.1) is 19.8 Å². The Hall–Kier alpha value is -1.37. The van der Waals surface area contributed by atoms with Gasteiger partial charge in [-0.2, -0.15) is 0 Å². The van der Waals surface area contributed by atoms with E-state index in [4.69, 9.17) is 26.8 Å². The van der Waals surface area contributed by atoms with Crippen LogP contribution in [-0.4, -0.2) is 72.4 Å². The van der Waals surface area contributed by atoms with Crippen molar-refractivity contribution in [1.82, 2.24) is 9.80 Å². The first-order valence-electron chi connectivity index (χ1n) is 8.21. The van der Waals surface area contributed by atoms with E-state index in [9.17, 15) is 0 Å². The highest BCUT2D eigenvalue weighted by atomic mass is 32.1. The van der Waals surface area contributed by atoms with Crippen molar-refractivity contribution in [3.05, 3.63) is 23.8 Å². The van der Waals surface area contributed by atoms with Crippen LogP contribution in [0.2, 0.25) is 0 Å². The summed E-state index contributed by atoms with van der Waals surface area (Å²) in [5, 5.41) is 9.02. The lowest BCUT2D eigenvalue weighted by atomic mass is 10.1. The molecule has 0 aromatic heterocycles. The Morgan fingerprint density at radius 1 is 1.09 bits per heavy atom. The second-order valence-electron chi connectivity index (χ2n) is 5.38. The van der Waals surface area contributed by atoms with Crippen LogP contribution in [0.1, 0.15) is 19.4 Å². The first kappa shape index (κ1) is 18.0. The van der Waals surface area contributed by atoms with Crippen molar-refractivity contribution in [1.29, 1.82) is 0 Å². The Morgan fingerprint density at radius 2 is 1.74 bits per heavy atom. The summed E-state index contributed by atoms with van der Waals surface area (Å²) in [5.74, 6) is 1.50. The predicted octanol–water partition coefficient (Wildman–Crippen LogP) is 1.77. The van der Waals surface area contributed by atoms with Crippen LogP contribution >= 0.6 is 12.2 Å². The maximum Gasteiger partial charge on any atom is 0.161 e. The summed E-state index contributed by atoms with van der Waals surface area (Å²) in [6.45, 7) is 9.69. The maximum atomic E-state index is 9.02. The van der Waals surface area contributed by atoms with Crippen molar-refractivity contribution in [2.75, 3.05) is 52.5 Å². The number of piperazine rings is 1. The molecule has 0 amide bonds. The molecule has 1 aliphatic heterocycles. The van der Waals surface area contributed by atoms with Gasteiger partial charge < -0.3 is 19.5 Å². The second kappa shape index (κ2) is 9.05. The molecule has 1 aromatic carbocycles. The third kappa shape index (κ3) is 4.80. The normalized spacial score (nSPS) is 15.5. The Bertz CT molecular complexity index is 517. The number of aliphatic hydroxyl groups excluding tert-OH is 1. The summed E-state index contributed by atoms with van der Waals surface area (Å²) in [4.78, 5) is 5.31. The van der Waals surface area contributed by atoms with Crippen LogP contribution in [0.25, 0.3) is 0 Å². The number of rotatable bonds is 7. The SMILES string of the molecule is CCOc1ccc(C(=S)N2CCN(CCO)CC2)cc1OCC. The zero-order valence-electron chi connectivity index (χ0n) is 14.0. The van der Waals surface area contributed by atoms with E-state index < -0.39 is 0 Å². The summed E-state index contributed by atoms with van der Waals surface area (Å²) >= 11 is 5.66. The fourth-order valence-electron chi connectivity index (χ4n) is 2.68. The minimum Gasteiger partial charge on any atom is -0.490 e. The van der Waals surface area contributed by atoms with Crippen LogP contribution in [0.3, 0.4) is 0 Å². The van der Waals surface area contributed by atoms with Crippen LogP contribution in [0.5, 0.6) is 11.5 Å². The van der Waals surface area contributed by atoms with Gasteiger partial charge in [0, 0.05) is 38.3 Å². The second-order valence-corrected chi connectivity index (χ2v) is 5.77. The predicted molar refractivity (Wildman–Crippen MR) is 95.6 cm³/mol. The smallest absolute Gasteiger partial charge is 0.161 e. The molecule has 1 aliphatic rings. The summed E-state index contributed by atoms with van der Waals surface area (Å²) in [7, 11) is 0. The zero-order valence-corrected chi connectivity index (χ0v) is 14.8. The van der Waals surface area contributed by atoms with Gasteiger partial charge in [-0.05, 0) is 32.0 Å². The highest BCUT2D eigenvalue weighted by Crippen LogP contribution is 2.29. The van der Waals surface area contributed by atoms with Crippen molar-refractivity contribution in [2.45, 2.75) is 13.8 Å². The lowest BCUT2D eigenvalue weighted by molar-refractivity contribution is 0.148. The number of thiocarbonyl (C=S) groups is 1. The van der Waals surface area contributed by atoms with Crippen LogP contribution in [0, 0.1) is 0 Å². The third-order valence-electron chi connectivity index (χ3n) is 3.87. The van der Waals surface area contributed by atoms with Crippen molar-refractivity contribution in [2.24, 2.45) is 0 Å². The number of nitrogens with zero attached hydrogens (tertiary/aromatic N) is 2. The molecule has 2 rings (SSSR count). The molecule has 23 heavy (non-hydrogen) atoms. The van der Waals surface area contributed by atoms with Gasteiger partial charge in [0.1, 0.15) is 4.99 Å². The first-order valence-corrected chi connectivity index (χ1v) is 8.62. The van der Waals surface area contributed by atoms with Gasteiger partial charge >= 0.3 is 0 Å². The van der Waals surface area contributed by atoms with Gasteiger partial charge in [-0.15, -0.1) is 0 Å². The van der Waals surface area contributed by atoms with Gasteiger partial charge in [0.25, 0.3) is 0 Å². The van der Waals surface area contributed by atoms with E-state index in [1.54, 1.807) is 0 Å². The summed E-state index contributed by atoms with van der Waals surface area (Å²) < 4.78 is 11.3. The molecule has 0 bridgehead atoms. The van der Waals surface area contributed by atoms with Crippen LogP contribution in [-0.2, 0) is 0 Å². The fourth-order valence-corrected chi connectivity index (χ4v) is 2.99. The maximum absolute atomic E-state index is 9.02. The average molecular weight is 338 g/mol. The topological polar surface area (TPSA) is 45.2 Å². The van der Waals surface area contributed by atoms with Crippen molar-refractivity contribution in [3.8, 4) is 11.5 Å². The monoisotopic (exact) mass is 338 g/mol. The minimum atomic E-state index is 0.209. The first-order chi connectivity index (χ1) is 11.2. The molecule has 0 saturated carbocycles. The molecule has 6 heteroatoms. The summed E-state index contributed by atoms with van der Waals surface area (Å²) in [6.07, 6.45) is 0. The molecule has 0 atom stereocenters. The van der Waals surface area contributed by atoms with E-state index in [1.165, 1.54) is 0 Å². The van der Waals surface area contributed by atoms with Gasteiger partial charge in [-0.1, -0.05) is 12.2 Å². The molecule has 0 aliphatic carbocycles. The highest BCUT2D eigenvalue weighted by molar-refractivity contribution is 7.80. The Labute approximate surface area is 143 Å². The number of hydrogen-bond acceptors (Lipinski definition) is 5. The molecule has 1 saturated heterocycles. The van der Waals surface area contributed by atoms with E-state index in [0.717, 1.165) is 54.8 Å². The Kier molecular flexibility index (Phi) is 7.08. The van der Waals surface area contributed by atoms with Gasteiger partial charge in [0.15, 0.2) is 11.5 Å². The average Bonchev–Trinajstić information content (AvgIpc) is 2.57. The largest absolute Gasteiger partial charge is 0.490 e. The lowest BCUT2D eigenvalue weighted by Gasteiger charge is -2.36. The highest BCUT2D eigenvalue weighted by Gasteiger charge is 2.20. The quantitative estimate of drug-likeness (QED) is 0.765. The zero-order chi connectivity index (χ0) is 16.7. The molecular formula is C17H26N2O3S. The fraction of sp³-hybridized carbons (Fsp3) is 0.588. The summed E-state index contributed by atoms with van der Waals surface area (Å²) in [6, 6.07) is 5.89. The molecule has 0 spiro atoms. The number of ether oxygens (including phenoxy) is 2. The van der Waals surface area contributed by atoms with Crippen LogP contribution < -0.4 is 9.47 Å². The number of benzene rings is 1. The number of hydrogen-bond donors (Lipinski definition) is 1. The molecule has 1 heterocycles. The van der Waals surface area contributed by atoms with E-state index in [0.29, 0.717) is 13.2 Å². The minimum absolute atomic E-state index is 0.209. The van der Waals surface area contributed by atoms with Gasteiger partial charge in [-0.25, -0.2) is 0 Å². The molecule has 1 N–H and O–H groups in total. The lowest BCUT2D eigenvalue weighted by Crippen LogP contribution is -2.49. The standard InChI is InChI=1S/C17H26N2O3S/c1-3-21-15-6-5-14(13-16(15)22-4-2)17(23)19-9-7-18(8-10-19)11-12-20/h5-6,13,20H,3-4,7-12H2,1-2H3. The number of β-amino-alcohol motifs (C(OH)–C–C–N with tert-alkyl or cyclic N) is 1. The Balaban J connectivity index is 2.06. The summed E-state index contributed by atoms with van der Waals surface area (Å²) in [5.41, 5.74) is 0.988. The van der Waals surface area contributed by atoms with Crippen LogP contribution in [0.4, 0.5) is 0 Å². The Morgan fingerprint density at radius 3 is 2.35 bits per heavy atom. The molecular weight excluding hydrogens is 312 g/mol. The van der Waals surface area contributed by atoms with Crippen molar-refractivity contribution >= 4 is 17.2 Å². The van der Waals surface area contributed by atoms with Gasteiger partial charge in [-0.3, -0.25) is 4.90 Å². The van der Waals surface area contributed by atoms with Crippen molar-refractivity contribution < 1.29 is 14.6 Å². The van der Waals surface area contributed by atoms with E-state index in [1.807, 2.05) is 32.0 Å². The van der Waals surface area contributed by atoms with Gasteiger partial charge in [0.2, 0.25) is 0 Å². The van der Waals surface area contributed by atoms with E-state index in [-0.39, 0.29) is 6.61 Å². The van der Waals surface area contributed by atoms with Crippen molar-refractivity contribution in [3.63, 3.8) is 0 Å². The molecule has 128 valence electrons.